The van der Waals surface area contributed by atoms with Gasteiger partial charge in [0.05, 0.1) is 34.0 Å². The van der Waals surface area contributed by atoms with E-state index in [0.717, 1.165) is 8.21 Å². The third-order valence-corrected chi connectivity index (χ3v) is 51.1. The number of hydrogen-bond donors (Lipinski definition) is 0. The summed E-state index contributed by atoms with van der Waals surface area (Å²) in [5, 5.41) is 0. The fourth-order valence-electron chi connectivity index (χ4n) is 26.0. The molecule has 0 N–H and O–H groups in total. The fraction of sp³-hybridized carbons (Fsp3) is 0.623. The molecule has 6 aromatic rings. The van der Waals surface area contributed by atoms with E-state index < -0.39 is 51.1 Å². The summed E-state index contributed by atoms with van der Waals surface area (Å²) in [6, 6.07) is 47.0. The van der Waals surface area contributed by atoms with Gasteiger partial charge in [-0.2, -0.15) is 4.58 Å². The Morgan fingerprint density at radius 1 is 0.415 bits per heavy atom. The molecule has 8 fully saturated rings. The maximum absolute atomic E-state index is 9.67. The number of halogens is 8. The average Bonchev–Trinajstić information content (AvgIpc) is 1.61. The van der Waals surface area contributed by atoms with Gasteiger partial charge in [0, 0.05) is 75.1 Å². The first kappa shape index (κ1) is 128. The minimum Gasteiger partial charge on any atom is -1.00 e. The van der Waals surface area contributed by atoms with Gasteiger partial charge >= 0.3 is 237 Å². The van der Waals surface area contributed by atoms with Crippen LogP contribution in [0, 0.1) is 56.7 Å². The van der Waals surface area contributed by atoms with Crippen LogP contribution in [0.5, 0.6) is 0 Å². The van der Waals surface area contributed by atoms with Crippen LogP contribution in [0.25, 0.3) is 15.8 Å². The molecule has 792 valence electrons. The van der Waals surface area contributed by atoms with Crippen LogP contribution < -0.4 is 33.4 Å². The summed E-state index contributed by atoms with van der Waals surface area (Å²) in [5.41, 5.74) is 30.2. The molecule has 0 aromatic heterocycles. The van der Waals surface area contributed by atoms with Crippen LogP contribution in [0.2, 0.25) is 32.7 Å². The van der Waals surface area contributed by atoms with E-state index in [1.807, 2.05) is 36.4 Å². The standard InChI is InChI=1S/3C18H28N.2C18H33P.C15H10.C10H8.C6H17NSi2.CH4.BF3.4ClH.FH.Li.2Ru/c3*1-13(2)15-10-8-9-14(3)16(15)19-12-17(4,5)11-18(19,6)7;2*1-4-10-16(11-5-1)19(17-12-6-2-7-13-17)18-14-8-3-9-15-18;1-2-6-12(7-3-1)15-11-10-13-8-4-5-9-14(13)15;1-8-6-7-9-4-2-3-5-10(8)9;1-8(2,3)7-9(4,5)6;;2-1(3)4;;;;;;;;/h3*8-10,12-13H,11H2,1-7H3;2*16-18H,1-15H2;1-9,11H;2-6H,1H3;1H2,2-6H3;1H4;;5*1H;;;/q2*-1;+1;;;;;;;;;;;;;+1;2*+2/p-3. The van der Waals surface area contributed by atoms with Crippen molar-refractivity contribution in [2.45, 2.75) is 473 Å². The van der Waals surface area contributed by atoms with E-state index in [1.54, 1.807) is 193 Å². The largest absolute Gasteiger partial charge is 1.00 e. The first-order chi connectivity index (χ1) is 65.2. The third kappa shape index (κ3) is 38.5. The van der Waals surface area contributed by atoms with Gasteiger partial charge in [0.1, 0.15) is 0 Å². The second-order valence-corrected chi connectivity index (χ2v) is 76.6. The SMILES string of the molecule is C.C1CCC([PH+](C2CCCCC2)C2CCCCC2)CC1.C1CCC([PH+](C2CCCCC2)C2CCCCC2)CC1.CC1=C[C](=[Ru]([Cl])[Cl])c2ccccc21.Cc1cccc(C(C)C)c1N1[CH-]C(C)(C)CC1(C)C.Cc1cccc(C(C)C)c1N1[CH-]C(C)(C)CC1(C)C.Cc1cccc(C(C)C)c1[N+]1=CC(C)(C)CC1(C)C.FB(F)F.[CH2+][Si](C)(C)[N-][Si](C)(C)C.[Cl][Ru]([Cl])=[C]1C=C(c2ccccc2)c2ccccc21.[F-].[Li+]. The van der Waals surface area contributed by atoms with Gasteiger partial charge < -0.3 is 19.2 Å². The van der Waals surface area contributed by atoms with Gasteiger partial charge in [-0.15, -0.1) is 10.8 Å². The molecule has 0 amide bonds. The smallest absolute Gasteiger partial charge is 1.00 e. The Hall–Kier alpha value is -2.28. The topological polar surface area (TPSA) is 23.6 Å². The number of para-hydroxylation sites is 3. The van der Waals surface area contributed by atoms with Crippen LogP contribution in [0.15, 0.2) is 146 Å². The van der Waals surface area contributed by atoms with Crippen molar-refractivity contribution < 1.29 is 68.1 Å². The van der Waals surface area contributed by atoms with E-state index in [1.165, 1.54) is 143 Å². The molecule has 4 nitrogen and oxygen atoms in total. The van der Waals surface area contributed by atoms with Crippen molar-refractivity contribution >= 4 is 121 Å². The van der Waals surface area contributed by atoms with Crippen LogP contribution in [0.3, 0.4) is 0 Å². The Morgan fingerprint density at radius 2 is 0.711 bits per heavy atom. The summed E-state index contributed by atoms with van der Waals surface area (Å²) < 4.78 is 38.5. The molecule has 0 unspecified atom stereocenters. The molecule has 3 heterocycles. The predicted molar refractivity (Wildman–Crippen MR) is 628 cm³/mol. The quantitative estimate of drug-likeness (QED) is 0.0336. The van der Waals surface area contributed by atoms with Crippen molar-refractivity contribution in [2.24, 2.45) is 16.2 Å². The van der Waals surface area contributed by atoms with E-state index in [2.05, 4.69) is 334 Å². The molecule has 3 aliphatic heterocycles. The molecule has 20 heteroatoms. The molecule has 142 heavy (non-hydrogen) atoms. The Bertz CT molecular complexity index is 4750. The maximum Gasteiger partial charge on any atom is 1.00 e. The number of allylic oxidation sites excluding steroid dienone is 3. The van der Waals surface area contributed by atoms with Crippen LogP contribution in [0.1, 0.15) is 430 Å². The van der Waals surface area contributed by atoms with E-state index in [9.17, 15) is 12.9 Å². The number of hydrogen-bond acceptors (Lipinski definition) is 2. The normalized spacial score (nSPS) is 20.5. The molecular formula is C122H191BCl4F4LiN4P2Ru2Si2+. The molecule has 0 spiro atoms. The van der Waals surface area contributed by atoms with Crippen LogP contribution in [0.4, 0.5) is 30.0 Å². The second-order valence-electron chi connectivity index (χ2n) is 49.2. The summed E-state index contributed by atoms with van der Waals surface area (Å²) in [5.74, 6) is 1.67. The van der Waals surface area contributed by atoms with Gasteiger partial charge in [0.15, 0.2) is 20.0 Å². The second kappa shape index (κ2) is 58.7. The van der Waals surface area contributed by atoms with Crippen molar-refractivity contribution in [2.75, 3.05) is 9.80 Å². The van der Waals surface area contributed by atoms with Gasteiger partial charge in [-0.3, -0.25) is 12.9 Å². The van der Waals surface area contributed by atoms with Crippen molar-refractivity contribution in [1.82, 2.24) is 0 Å². The zero-order valence-electron chi connectivity index (χ0n) is 92.9. The predicted octanol–water partition coefficient (Wildman–Crippen LogP) is 34.5. The minimum absolute atomic E-state index is 0. The fourth-order valence-corrected chi connectivity index (χ4v) is 48.8. The van der Waals surface area contributed by atoms with Crippen LogP contribution >= 0.6 is 54.6 Å². The average molecular weight is 2270 g/mol. The molecule has 8 aliphatic carbocycles. The Labute approximate surface area is 910 Å². The molecule has 0 radical (unpaired) electrons. The number of rotatable bonds is 15. The molecule has 2 saturated heterocycles. The first-order valence-corrected chi connectivity index (χ1v) is 74.9. The number of anilines is 2. The van der Waals surface area contributed by atoms with E-state index >= 15 is 0 Å². The van der Waals surface area contributed by atoms with E-state index in [0.29, 0.717) is 17.8 Å². The summed E-state index contributed by atoms with van der Waals surface area (Å²) in [6.45, 7) is 70.7. The Kier molecular flexibility index (Phi) is 53.1. The maximum atomic E-state index is 9.67. The van der Waals surface area contributed by atoms with Crippen molar-refractivity contribution in [3.8, 4) is 0 Å². The summed E-state index contributed by atoms with van der Waals surface area (Å²) in [6.07, 6.45) is 57.9. The number of aryl methyl sites for hydroxylation is 3. The van der Waals surface area contributed by atoms with E-state index in [4.69, 9.17) is 43.4 Å². The molecule has 11 aliphatic rings. The van der Waals surface area contributed by atoms with Crippen molar-refractivity contribution in [3.05, 3.63) is 231 Å². The first-order valence-electron chi connectivity index (χ1n) is 54.1. The monoisotopic (exact) mass is 2270 g/mol. The van der Waals surface area contributed by atoms with Crippen molar-refractivity contribution in [3.63, 3.8) is 0 Å². The Morgan fingerprint density at radius 3 is 0.993 bits per heavy atom. The summed E-state index contributed by atoms with van der Waals surface area (Å²) in [7, 11) is 18.1. The molecular weight excluding hydrogens is 2080 g/mol. The van der Waals surface area contributed by atoms with Gasteiger partial charge in [-0.25, -0.2) is 13.1 Å². The minimum atomic E-state index is -3.67. The van der Waals surface area contributed by atoms with Gasteiger partial charge in [-0.1, -0.05) is 224 Å². The molecule has 17 rings (SSSR count). The molecule has 0 bridgehead atoms. The number of benzene rings is 6. The summed E-state index contributed by atoms with van der Waals surface area (Å²) in [4.78, 5) is 5.05. The molecule has 6 saturated carbocycles. The number of fused-ring (bicyclic) bond motifs is 2. The number of nitrogens with zero attached hydrogens (tertiary/aromatic N) is 4. The van der Waals surface area contributed by atoms with Crippen molar-refractivity contribution in [1.29, 1.82) is 0 Å². The van der Waals surface area contributed by atoms with Crippen LogP contribution in [-0.2, 0) is 27.0 Å². The molecule has 0 atom stereocenters. The van der Waals surface area contributed by atoms with Gasteiger partial charge in [0.2, 0.25) is 5.69 Å². The van der Waals surface area contributed by atoms with E-state index in [-0.39, 0.29) is 79.7 Å². The molecule has 6 aromatic carbocycles. The zero-order chi connectivity index (χ0) is 102. The zero-order valence-corrected chi connectivity index (χ0v) is 103. The Balaban J connectivity index is 0.000000248. The third-order valence-electron chi connectivity index (χ3n) is 30.6. The van der Waals surface area contributed by atoms with Gasteiger partial charge in [-0.05, 0) is 262 Å². The summed E-state index contributed by atoms with van der Waals surface area (Å²) >= 11 is -3.64. The van der Waals surface area contributed by atoms with Gasteiger partial charge in [0.25, 0.3) is 0 Å². The van der Waals surface area contributed by atoms with Crippen LogP contribution in [-0.4, -0.2) is 93.6 Å².